The van der Waals surface area contributed by atoms with E-state index >= 15 is 0 Å². The number of hydrogen-bond acceptors (Lipinski definition) is 4. The van der Waals surface area contributed by atoms with Crippen molar-refractivity contribution in [2.75, 3.05) is 19.7 Å². The molecule has 13 heteroatoms. The second kappa shape index (κ2) is 10.7. The Morgan fingerprint density at radius 2 is 1.88 bits per heavy atom. The molecule has 1 fully saturated rings. The molecular formula is C21H19ClF4N4O4. The molecule has 34 heavy (non-hydrogen) atoms. The van der Waals surface area contributed by atoms with E-state index in [1.165, 1.54) is 16.4 Å². The van der Waals surface area contributed by atoms with E-state index in [9.17, 15) is 31.9 Å². The van der Waals surface area contributed by atoms with Gasteiger partial charge in [0.25, 0.3) is 5.91 Å². The second-order valence-electron chi connectivity index (χ2n) is 7.23. The summed E-state index contributed by atoms with van der Waals surface area (Å²) in [6.07, 6.45) is -5.56. The fourth-order valence-electron chi connectivity index (χ4n) is 3.11. The van der Waals surface area contributed by atoms with E-state index in [1.54, 1.807) is 23.6 Å². The topological polar surface area (TPSA) is 99.8 Å². The number of nitrogens with zero attached hydrogens (tertiary/aromatic N) is 1. The highest BCUT2D eigenvalue weighted by Gasteiger charge is 2.39. The van der Waals surface area contributed by atoms with E-state index in [0.717, 1.165) is 17.7 Å². The largest absolute Gasteiger partial charge is 0.472 e. The minimum absolute atomic E-state index is 0.0453. The fraction of sp³-hybridized carbons (Fsp3) is 0.286. The van der Waals surface area contributed by atoms with Crippen LogP contribution in [0.3, 0.4) is 0 Å². The van der Waals surface area contributed by atoms with E-state index in [0.29, 0.717) is 18.2 Å². The van der Waals surface area contributed by atoms with Gasteiger partial charge in [0.1, 0.15) is 11.9 Å². The van der Waals surface area contributed by atoms with Crippen LogP contribution in [0.25, 0.3) is 0 Å². The molecule has 1 unspecified atom stereocenters. The van der Waals surface area contributed by atoms with Gasteiger partial charge < -0.3 is 15.0 Å². The molecule has 0 aromatic heterocycles. The van der Waals surface area contributed by atoms with Gasteiger partial charge in [0.2, 0.25) is 0 Å². The number of hydrogen-bond donors (Lipinski definition) is 3. The van der Waals surface area contributed by atoms with E-state index in [-0.39, 0.29) is 30.3 Å². The van der Waals surface area contributed by atoms with Crippen LogP contribution in [0.5, 0.6) is 0 Å². The van der Waals surface area contributed by atoms with Crippen molar-refractivity contribution in [2.45, 2.75) is 18.8 Å². The predicted octanol–water partition coefficient (Wildman–Crippen LogP) is 3.09. The van der Waals surface area contributed by atoms with Crippen LogP contribution in [0.1, 0.15) is 27.6 Å². The zero-order valence-electron chi connectivity index (χ0n) is 17.4. The standard InChI is InChI=1S/C21H19ClF4N4O4/c22-15-3-1-2-12(8-15)17-11-30(6-7-34-17)20(33)27-10-14-5-4-13(9-16(14)23)18(31)28-29-19(32)21(24,25)26/h1-5,8-9,17H,6-7,10-11H2,(H,27,33)(H,28,31)(H,29,32). The number of hydrazine groups is 1. The minimum atomic E-state index is -5.19. The lowest BCUT2D eigenvalue weighted by atomic mass is 10.1. The highest BCUT2D eigenvalue weighted by atomic mass is 35.5. The highest BCUT2D eigenvalue weighted by molar-refractivity contribution is 6.30. The molecule has 1 saturated heterocycles. The van der Waals surface area contributed by atoms with Crippen molar-refractivity contribution in [1.29, 1.82) is 0 Å². The monoisotopic (exact) mass is 502 g/mol. The van der Waals surface area contributed by atoms with Crippen LogP contribution in [-0.2, 0) is 16.1 Å². The van der Waals surface area contributed by atoms with E-state index in [4.69, 9.17) is 16.3 Å². The first kappa shape index (κ1) is 25.2. The Bertz CT molecular complexity index is 1080. The Hall–Kier alpha value is -3.38. The van der Waals surface area contributed by atoms with Crippen molar-refractivity contribution < 1.29 is 36.7 Å². The minimum Gasteiger partial charge on any atom is -0.370 e. The average Bonchev–Trinajstić information content (AvgIpc) is 2.80. The lowest BCUT2D eigenvalue weighted by molar-refractivity contribution is -0.174. The van der Waals surface area contributed by atoms with Gasteiger partial charge in [-0.25, -0.2) is 9.18 Å². The Labute approximate surface area is 196 Å². The number of ether oxygens (including phenoxy) is 1. The summed E-state index contributed by atoms with van der Waals surface area (Å²) in [5.74, 6) is -4.39. The molecule has 182 valence electrons. The molecule has 3 N–H and O–H groups in total. The highest BCUT2D eigenvalue weighted by Crippen LogP contribution is 2.24. The maximum atomic E-state index is 14.4. The molecule has 8 nitrogen and oxygen atoms in total. The van der Waals surface area contributed by atoms with Gasteiger partial charge in [0.05, 0.1) is 13.2 Å². The Morgan fingerprint density at radius 1 is 1.12 bits per heavy atom. The van der Waals surface area contributed by atoms with Crippen molar-refractivity contribution >= 4 is 29.4 Å². The number of carbonyl (C=O) groups excluding carboxylic acids is 3. The van der Waals surface area contributed by atoms with Crippen LogP contribution in [0.4, 0.5) is 22.4 Å². The van der Waals surface area contributed by atoms with Gasteiger partial charge in [-0.15, -0.1) is 0 Å². The molecule has 4 amide bonds. The number of urea groups is 1. The molecule has 2 aromatic carbocycles. The molecule has 1 aliphatic heterocycles. The van der Waals surface area contributed by atoms with Gasteiger partial charge in [0, 0.05) is 29.2 Å². The molecular weight excluding hydrogens is 484 g/mol. The number of alkyl halides is 3. The number of morpholine rings is 1. The summed E-state index contributed by atoms with van der Waals surface area (Å²) in [4.78, 5) is 36.6. The Kier molecular flexibility index (Phi) is 7.94. The van der Waals surface area contributed by atoms with Gasteiger partial charge in [0.15, 0.2) is 0 Å². The first-order valence-electron chi connectivity index (χ1n) is 9.90. The van der Waals surface area contributed by atoms with Crippen LogP contribution in [-0.4, -0.2) is 48.6 Å². The molecule has 1 aliphatic rings. The number of amides is 4. The summed E-state index contributed by atoms with van der Waals surface area (Å²) in [5.41, 5.74) is 3.26. The van der Waals surface area contributed by atoms with Gasteiger partial charge in [-0.3, -0.25) is 20.4 Å². The van der Waals surface area contributed by atoms with Crippen LogP contribution < -0.4 is 16.2 Å². The quantitative estimate of drug-likeness (QED) is 0.442. The summed E-state index contributed by atoms with van der Waals surface area (Å²) in [5, 5.41) is 3.12. The summed E-state index contributed by atoms with van der Waals surface area (Å²) in [6.45, 7) is 0.690. The molecule has 0 radical (unpaired) electrons. The van der Waals surface area contributed by atoms with Crippen molar-refractivity contribution in [3.63, 3.8) is 0 Å². The van der Waals surface area contributed by atoms with E-state index in [1.807, 2.05) is 6.07 Å². The molecule has 0 saturated carbocycles. The molecule has 3 rings (SSSR count). The number of benzene rings is 2. The third-order valence-electron chi connectivity index (χ3n) is 4.87. The van der Waals surface area contributed by atoms with Gasteiger partial charge in [-0.2, -0.15) is 13.2 Å². The van der Waals surface area contributed by atoms with Gasteiger partial charge >= 0.3 is 18.1 Å². The van der Waals surface area contributed by atoms with Crippen molar-refractivity contribution in [1.82, 2.24) is 21.1 Å². The van der Waals surface area contributed by atoms with Crippen molar-refractivity contribution in [2.24, 2.45) is 0 Å². The van der Waals surface area contributed by atoms with Crippen LogP contribution in [0.15, 0.2) is 42.5 Å². The molecule has 1 atom stereocenters. The third-order valence-corrected chi connectivity index (χ3v) is 5.10. The normalized spacial score (nSPS) is 16.0. The zero-order valence-corrected chi connectivity index (χ0v) is 18.2. The average molecular weight is 503 g/mol. The molecule has 0 aliphatic carbocycles. The number of rotatable bonds is 4. The van der Waals surface area contributed by atoms with Crippen LogP contribution in [0, 0.1) is 5.82 Å². The maximum Gasteiger partial charge on any atom is 0.472 e. The summed E-state index contributed by atoms with van der Waals surface area (Å²) < 4.78 is 56.5. The smallest absolute Gasteiger partial charge is 0.370 e. The lowest BCUT2D eigenvalue weighted by Gasteiger charge is -2.33. The van der Waals surface area contributed by atoms with Crippen molar-refractivity contribution in [3.05, 3.63) is 70.0 Å². The van der Waals surface area contributed by atoms with Crippen LogP contribution >= 0.6 is 11.6 Å². The lowest BCUT2D eigenvalue weighted by Crippen LogP contribution is -2.47. The maximum absolute atomic E-state index is 14.4. The summed E-state index contributed by atoms with van der Waals surface area (Å²) in [6, 6.07) is 9.74. The number of nitrogens with one attached hydrogen (secondary N) is 3. The molecule has 2 aromatic rings. The molecule has 1 heterocycles. The summed E-state index contributed by atoms with van der Waals surface area (Å²) >= 11 is 6.00. The number of halogens is 5. The van der Waals surface area contributed by atoms with Crippen molar-refractivity contribution in [3.8, 4) is 0 Å². The third kappa shape index (κ3) is 6.58. The number of carbonyl (C=O) groups is 3. The fourth-order valence-corrected chi connectivity index (χ4v) is 3.31. The Balaban J connectivity index is 1.54. The summed E-state index contributed by atoms with van der Waals surface area (Å²) in [7, 11) is 0. The van der Waals surface area contributed by atoms with Crippen LogP contribution in [0.2, 0.25) is 5.02 Å². The van der Waals surface area contributed by atoms with E-state index in [2.05, 4.69) is 5.32 Å². The zero-order chi connectivity index (χ0) is 24.9. The van der Waals surface area contributed by atoms with Gasteiger partial charge in [-0.1, -0.05) is 29.8 Å². The predicted molar refractivity (Wildman–Crippen MR) is 112 cm³/mol. The molecule has 0 bridgehead atoms. The van der Waals surface area contributed by atoms with E-state index < -0.39 is 29.8 Å². The van der Waals surface area contributed by atoms with Gasteiger partial charge in [-0.05, 0) is 29.8 Å². The SMILES string of the molecule is O=C(NNC(=O)C(F)(F)F)c1ccc(CNC(=O)N2CCOC(c3cccc(Cl)c3)C2)c(F)c1. The Morgan fingerprint density at radius 3 is 2.56 bits per heavy atom. The first-order chi connectivity index (χ1) is 16.0. The first-order valence-corrected chi connectivity index (χ1v) is 10.3. The second-order valence-corrected chi connectivity index (χ2v) is 7.67. The molecule has 0 spiro atoms.